The smallest absolute Gasteiger partial charge is 0.329 e. The lowest BCUT2D eigenvalue weighted by molar-refractivity contribution is -0.151. The lowest BCUT2D eigenvalue weighted by Crippen LogP contribution is -2.46. The van der Waals surface area contributed by atoms with Crippen LogP contribution in [0.1, 0.15) is 37.4 Å². The predicted octanol–water partition coefficient (Wildman–Crippen LogP) is 3.55. The minimum atomic E-state index is -0.820. The summed E-state index contributed by atoms with van der Waals surface area (Å²) in [6.45, 7) is 3.99. The molecular weight excluding hydrogens is 392 g/mol. The molecule has 0 saturated carbocycles. The van der Waals surface area contributed by atoms with E-state index in [4.69, 9.17) is 4.74 Å². The Balaban J connectivity index is 1.68. The summed E-state index contributed by atoms with van der Waals surface area (Å²) in [5.74, 6) is -2.46. The van der Waals surface area contributed by atoms with E-state index in [1.54, 1.807) is 31.2 Å². The van der Waals surface area contributed by atoms with Crippen LogP contribution in [0.4, 0.5) is 5.69 Å². The minimum Gasteiger partial charge on any atom is -0.464 e. The summed E-state index contributed by atoms with van der Waals surface area (Å²) in [4.78, 5) is 43.7. The Hall–Kier alpha value is -3.41. The molecule has 6 heteroatoms. The lowest BCUT2D eigenvalue weighted by Gasteiger charge is -2.39. The fourth-order valence-electron chi connectivity index (χ4n) is 5.37. The summed E-state index contributed by atoms with van der Waals surface area (Å²) in [5.41, 5.74) is 3.49. The minimum absolute atomic E-state index is 0.220. The van der Waals surface area contributed by atoms with Crippen molar-refractivity contribution in [1.29, 1.82) is 0 Å². The Bertz CT molecular complexity index is 1090. The molecule has 0 spiro atoms. The van der Waals surface area contributed by atoms with Gasteiger partial charge >= 0.3 is 5.97 Å². The number of carbonyl (C=O) groups is 3. The molecule has 0 aliphatic carbocycles. The number of hydrogen-bond donors (Lipinski definition) is 0. The van der Waals surface area contributed by atoms with Crippen molar-refractivity contribution in [1.82, 2.24) is 4.90 Å². The number of benzene rings is 2. The maximum absolute atomic E-state index is 13.7. The van der Waals surface area contributed by atoms with Crippen molar-refractivity contribution in [3.63, 3.8) is 0 Å². The topological polar surface area (TPSA) is 66.9 Å². The zero-order valence-electron chi connectivity index (χ0n) is 17.5. The first-order valence-corrected chi connectivity index (χ1v) is 10.8. The first kappa shape index (κ1) is 19.5. The number of hydrogen-bond acceptors (Lipinski definition) is 5. The molecule has 0 radical (unpaired) electrons. The fourth-order valence-corrected chi connectivity index (χ4v) is 5.37. The number of ether oxygens (including phenoxy) is 1. The quantitative estimate of drug-likeness (QED) is 0.563. The Labute approximate surface area is 181 Å². The molecule has 0 N–H and O–H groups in total. The zero-order chi connectivity index (χ0) is 21.7. The van der Waals surface area contributed by atoms with Gasteiger partial charge in [0.1, 0.15) is 6.04 Å². The molecule has 4 atom stereocenters. The highest BCUT2D eigenvalue weighted by molar-refractivity contribution is 6.23. The third kappa shape index (κ3) is 2.74. The number of allylic oxidation sites excluding steroid dienone is 1. The summed E-state index contributed by atoms with van der Waals surface area (Å²) >= 11 is 0. The van der Waals surface area contributed by atoms with Crippen LogP contribution >= 0.6 is 0 Å². The average Bonchev–Trinajstić information content (AvgIpc) is 3.27. The number of anilines is 1. The Morgan fingerprint density at radius 2 is 1.61 bits per heavy atom. The van der Waals surface area contributed by atoms with Crippen LogP contribution in [0, 0.1) is 11.8 Å². The van der Waals surface area contributed by atoms with Gasteiger partial charge in [-0.15, -0.1) is 0 Å². The molecule has 2 amide bonds. The monoisotopic (exact) mass is 416 g/mol. The number of imide groups is 1. The van der Waals surface area contributed by atoms with Crippen molar-refractivity contribution in [2.45, 2.75) is 32.4 Å². The molecule has 0 aromatic heterocycles. The molecule has 3 aliphatic heterocycles. The number of rotatable bonds is 4. The van der Waals surface area contributed by atoms with E-state index in [1.807, 2.05) is 42.2 Å². The molecule has 6 nitrogen and oxygen atoms in total. The summed E-state index contributed by atoms with van der Waals surface area (Å²) in [6.07, 6.45) is 2.74. The van der Waals surface area contributed by atoms with Crippen LogP contribution in [0.5, 0.6) is 0 Å². The molecule has 2 saturated heterocycles. The second-order valence-corrected chi connectivity index (χ2v) is 8.07. The van der Waals surface area contributed by atoms with Gasteiger partial charge in [-0.2, -0.15) is 0 Å². The van der Waals surface area contributed by atoms with E-state index in [2.05, 4.69) is 6.08 Å². The molecule has 31 heavy (non-hydrogen) atoms. The fraction of sp³-hybridized carbons (Fsp3) is 0.320. The molecular formula is C25H24N2O4. The third-order valence-corrected chi connectivity index (χ3v) is 6.55. The maximum atomic E-state index is 13.7. The second-order valence-electron chi connectivity index (χ2n) is 8.07. The molecule has 0 unspecified atom stereocenters. The van der Waals surface area contributed by atoms with Crippen LogP contribution in [0.2, 0.25) is 0 Å². The Morgan fingerprint density at radius 3 is 2.32 bits per heavy atom. The van der Waals surface area contributed by atoms with Crippen molar-refractivity contribution in [3.8, 4) is 0 Å². The SMILES string of the molecule is CCOC(=O)[C@@H]1[C@H]2C(=O)N(c3ccccc3)C(=O)[C@H]2[C@H]2c3ccccc3C=C(CC)N12. The largest absolute Gasteiger partial charge is 0.464 e. The standard InChI is InChI=1S/C25H24N2O4/c1-3-16-14-15-10-8-9-13-18(15)21-19-20(22(26(16)21)25(30)31-4-2)24(29)27(23(19)28)17-11-6-5-7-12-17/h5-14,19-22H,3-4H2,1-2H3/t19-,20+,21-,22+/m1/s1. The maximum Gasteiger partial charge on any atom is 0.329 e. The van der Waals surface area contributed by atoms with Crippen molar-refractivity contribution in [3.05, 3.63) is 71.4 Å². The summed E-state index contributed by atoms with van der Waals surface area (Å²) in [7, 11) is 0. The highest BCUT2D eigenvalue weighted by atomic mass is 16.5. The van der Waals surface area contributed by atoms with Gasteiger partial charge in [-0.05, 0) is 42.7 Å². The van der Waals surface area contributed by atoms with Crippen LogP contribution in [-0.2, 0) is 19.1 Å². The first-order chi connectivity index (χ1) is 15.1. The van der Waals surface area contributed by atoms with E-state index in [0.717, 1.165) is 16.8 Å². The highest BCUT2D eigenvalue weighted by Gasteiger charge is 2.66. The van der Waals surface area contributed by atoms with E-state index in [-0.39, 0.29) is 24.5 Å². The normalized spacial score (nSPS) is 26.3. The number of para-hydroxylation sites is 1. The van der Waals surface area contributed by atoms with Gasteiger partial charge in [0.2, 0.25) is 11.8 Å². The van der Waals surface area contributed by atoms with Gasteiger partial charge in [0.25, 0.3) is 0 Å². The van der Waals surface area contributed by atoms with Crippen LogP contribution < -0.4 is 4.90 Å². The molecule has 2 aromatic rings. The van der Waals surface area contributed by atoms with Crippen LogP contribution in [0.3, 0.4) is 0 Å². The van der Waals surface area contributed by atoms with E-state index < -0.39 is 23.8 Å². The van der Waals surface area contributed by atoms with E-state index >= 15 is 0 Å². The zero-order valence-corrected chi connectivity index (χ0v) is 17.5. The molecule has 5 rings (SSSR count). The number of nitrogens with zero attached hydrogens (tertiary/aromatic N) is 2. The number of esters is 1. The first-order valence-electron chi connectivity index (χ1n) is 10.8. The van der Waals surface area contributed by atoms with Gasteiger partial charge in [-0.1, -0.05) is 49.4 Å². The summed E-state index contributed by atoms with van der Waals surface area (Å²) in [6, 6.07) is 15.7. The molecule has 158 valence electrons. The van der Waals surface area contributed by atoms with Gasteiger partial charge in [0.05, 0.1) is 30.2 Å². The molecule has 2 aromatic carbocycles. The van der Waals surface area contributed by atoms with E-state index in [1.165, 1.54) is 4.90 Å². The Kier molecular flexibility index (Phi) is 4.65. The third-order valence-electron chi connectivity index (χ3n) is 6.55. The summed E-state index contributed by atoms with van der Waals surface area (Å²) < 4.78 is 5.40. The van der Waals surface area contributed by atoms with Gasteiger partial charge in [-0.3, -0.25) is 9.59 Å². The average molecular weight is 416 g/mol. The molecule has 0 bridgehead atoms. The number of amides is 2. The van der Waals surface area contributed by atoms with Crippen molar-refractivity contribution in [2.24, 2.45) is 11.8 Å². The van der Waals surface area contributed by atoms with Gasteiger partial charge < -0.3 is 9.64 Å². The van der Waals surface area contributed by atoms with Crippen molar-refractivity contribution < 1.29 is 19.1 Å². The van der Waals surface area contributed by atoms with Gasteiger partial charge in [0, 0.05) is 5.70 Å². The summed E-state index contributed by atoms with van der Waals surface area (Å²) in [5, 5.41) is 0. The van der Waals surface area contributed by atoms with Gasteiger partial charge in [0.15, 0.2) is 0 Å². The Morgan fingerprint density at radius 1 is 0.935 bits per heavy atom. The molecule has 3 aliphatic rings. The highest BCUT2D eigenvalue weighted by Crippen LogP contribution is 2.55. The van der Waals surface area contributed by atoms with E-state index in [9.17, 15) is 14.4 Å². The van der Waals surface area contributed by atoms with E-state index in [0.29, 0.717) is 12.1 Å². The molecule has 3 heterocycles. The number of carbonyl (C=O) groups excluding carboxylic acids is 3. The van der Waals surface area contributed by atoms with Crippen LogP contribution in [0.15, 0.2) is 60.3 Å². The van der Waals surface area contributed by atoms with Crippen molar-refractivity contribution in [2.75, 3.05) is 11.5 Å². The number of fused-ring (bicyclic) bond motifs is 5. The second kappa shape index (κ2) is 7.38. The molecule has 2 fully saturated rings. The lowest BCUT2D eigenvalue weighted by atomic mass is 9.84. The predicted molar refractivity (Wildman–Crippen MR) is 116 cm³/mol. The van der Waals surface area contributed by atoms with Crippen LogP contribution in [-0.4, -0.2) is 35.3 Å². The van der Waals surface area contributed by atoms with Gasteiger partial charge in [-0.25, -0.2) is 9.69 Å². The van der Waals surface area contributed by atoms with Crippen molar-refractivity contribution >= 4 is 29.5 Å². The van der Waals surface area contributed by atoms with Crippen LogP contribution in [0.25, 0.3) is 6.08 Å².